The first-order valence-corrected chi connectivity index (χ1v) is 9.61. The van der Waals surface area contributed by atoms with Crippen molar-refractivity contribution in [2.75, 3.05) is 17.2 Å². The molecule has 0 saturated carbocycles. The van der Waals surface area contributed by atoms with Crippen LogP contribution in [0.4, 0.5) is 11.4 Å². The van der Waals surface area contributed by atoms with Gasteiger partial charge in [-0.05, 0) is 55.0 Å². The predicted octanol–water partition coefficient (Wildman–Crippen LogP) is 3.49. The summed E-state index contributed by atoms with van der Waals surface area (Å²) in [6.07, 6.45) is 0.736. The van der Waals surface area contributed by atoms with E-state index in [9.17, 15) is 14.4 Å². The highest BCUT2D eigenvalue weighted by Gasteiger charge is 2.10. The van der Waals surface area contributed by atoms with Crippen LogP contribution in [0.1, 0.15) is 36.5 Å². The van der Waals surface area contributed by atoms with Crippen LogP contribution in [0.15, 0.2) is 54.6 Å². The van der Waals surface area contributed by atoms with Gasteiger partial charge in [0, 0.05) is 23.4 Å². The van der Waals surface area contributed by atoms with Gasteiger partial charge < -0.3 is 20.7 Å². The minimum Gasteiger partial charge on any atom is -0.466 e. The number of hydrogen-bond acceptors (Lipinski definition) is 5. The van der Waals surface area contributed by atoms with Gasteiger partial charge in [-0.25, -0.2) is 0 Å². The largest absolute Gasteiger partial charge is 0.466 e. The summed E-state index contributed by atoms with van der Waals surface area (Å²) in [5.41, 5.74) is 1.84. The number of carbonyl (C=O) groups excluding carboxylic acids is 3. The molecule has 7 nitrogen and oxygen atoms in total. The Morgan fingerprint density at radius 1 is 0.897 bits per heavy atom. The summed E-state index contributed by atoms with van der Waals surface area (Å²) in [5, 5.41) is 8.31. The van der Waals surface area contributed by atoms with Crippen LogP contribution in [0, 0.1) is 0 Å². The van der Waals surface area contributed by atoms with Crippen LogP contribution in [0.2, 0.25) is 0 Å². The van der Waals surface area contributed by atoms with Gasteiger partial charge in [0.1, 0.15) is 0 Å². The van der Waals surface area contributed by atoms with Crippen molar-refractivity contribution in [2.24, 2.45) is 0 Å². The van der Waals surface area contributed by atoms with Crippen LogP contribution in [-0.2, 0) is 14.3 Å². The molecule has 3 N–H and O–H groups in total. The number of carbonyl (C=O) groups is 3. The molecule has 0 radical (unpaired) electrons. The van der Waals surface area contributed by atoms with Gasteiger partial charge in [0.2, 0.25) is 5.91 Å². The van der Waals surface area contributed by atoms with Gasteiger partial charge in [0.05, 0.1) is 13.0 Å². The number of amides is 2. The predicted molar refractivity (Wildman–Crippen MR) is 116 cm³/mol. The first-order chi connectivity index (χ1) is 14.0. The lowest BCUT2D eigenvalue weighted by molar-refractivity contribution is -0.144. The van der Waals surface area contributed by atoms with E-state index in [0.717, 1.165) is 6.42 Å². The van der Waals surface area contributed by atoms with Gasteiger partial charge in [-0.15, -0.1) is 0 Å². The highest BCUT2D eigenvalue weighted by Crippen LogP contribution is 2.14. The highest BCUT2D eigenvalue weighted by molar-refractivity contribution is 7.80. The Labute approximate surface area is 174 Å². The van der Waals surface area contributed by atoms with Gasteiger partial charge in [-0.2, -0.15) is 0 Å². The second-order valence-electron chi connectivity index (χ2n) is 6.12. The SMILES string of the molecule is CCCOC(=O)CCC(=O)NC(=S)Nc1ccc(NC(=O)c2ccccc2)cc1. The second kappa shape index (κ2) is 11.6. The van der Waals surface area contributed by atoms with Gasteiger partial charge >= 0.3 is 5.97 Å². The molecule has 0 heterocycles. The molecule has 0 aliphatic heterocycles. The lowest BCUT2D eigenvalue weighted by Crippen LogP contribution is -2.34. The Kier molecular flexibility index (Phi) is 8.78. The molecule has 2 aromatic rings. The number of nitrogens with one attached hydrogen (secondary N) is 3. The summed E-state index contributed by atoms with van der Waals surface area (Å²) in [4.78, 5) is 35.4. The van der Waals surface area contributed by atoms with Crippen molar-refractivity contribution in [3.8, 4) is 0 Å². The molecule has 0 saturated heterocycles. The number of hydrogen-bond donors (Lipinski definition) is 3. The van der Waals surface area contributed by atoms with E-state index in [4.69, 9.17) is 17.0 Å². The van der Waals surface area contributed by atoms with E-state index < -0.39 is 5.97 Å². The van der Waals surface area contributed by atoms with Crippen molar-refractivity contribution in [3.05, 3.63) is 60.2 Å². The maximum absolute atomic E-state index is 12.1. The average molecular weight is 413 g/mol. The molecule has 0 bridgehead atoms. The smallest absolute Gasteiger partial charge is 0.306 e. The molecule has 0 unspecified atom stereocenters. The lowest BCUT2D eigenvalue weighted by Gasteiger charge is -2.11. The van der Waals surface area contributed by atoms with Crippen LogP contribution in [0.5, 0.6) is 0 Å². The van der Waals surface area contributed by atoms with Crippen molar-refractivity contribution >= 4 is 46.5 Å². The minimum atomic E-state index is -0.408. The van der Waals surface area contributed by atoms with Crippen LogP contribution < -0.4 is 16.0 Å². The molecule has 152 valence electrons. The number of benzene rings is 2. The Morgan fingerprint density at radius 2 is 1.52 bits per heavy atom. The van der Waals surface area contributed by atoms with E-state index in [0.29, 0.717) is 23.5 Å². The monoisotopic (exact) mass is 413 g/mol. The zero-order valence-electron chi connectivity index (χ0n) is 16.1. The van der Waals surface area contributed by atoms with Crippen LogP contribution in [0.3, 0.4) is 0 Å². The Bertz CT molecular complexity index is 854. The molecule has 2 rings (SSSR count). The molecule has 0 atom stereocenters. The van der Waals surface area contributed by atoms with Gasteiger partial charge in [-0.3, -0.25) is 14.4 Å². The summed E-state index contributed by atoms with van der Waals surface area (Å²) >= 11 is 5.10. The topological polar surface area (TPSA) is 96.5 Å². The molecular formula is C21H23N3O4S. The first-order valence-electron chi connectivity index (χ1n) is 9.21. The molecule has 0 fully saturated rings. The summed E-state index contributed by atoms with van der Waals surface area (Å²) < 4.78 is 4.91. The molecule has 0 spiro atoms. The van der Waals surface area contributed by atoms with Crippen molar-refractivity contribution in [3.63, 3.8) is 0 Å². The van der Waals surface area contributed by atoms with Crippen LogP contribution in [0.25, 0.3) is 0 Å². The summed E-state index contributed by atoms with van der Waals surface area (Å²) in [6.45, 7) is 2.25. The Balaban J connectivity index is 1.77. The summed E-state index contributed by atoms with van der Waals surface area (Å²) in [5.74, 6) is -0.983. The number of rotatable bonds is 8. The maximum Gasteiger partial charge on any atom is 0.306 e. The van der Waals surface area contributed by atoms with E-state index in [-0.39, 0.29) is 29.8 Å². The Morgan fingerprint density at radius 3 is 2.14 bits per heavy atom. The standard InChI is InChI=1S/C21H23N3O4S/c1-2-14-28-19(26)13-12-18(25)24-21(29)23-17-10-8-16(9-11-17)22-20(27)15-6-4-3-5-7-15/h3-11H,2,12-14H2,1H3,(H,22,27)(H2,23,24,25,29). The molecule has 0 aromatic heterocycles. The summed E-state index contributed by atoms with van der Waals surface area (Å²) in [7, 11) is 0. The third-order valence-corrected chi connectivity index (χ3v) is 3.92. The van der Waals surface area contributed by atoms with Gasteiger partial charge in [-0.1, -0.05) is 25.1 Å². The van der Waals surface area contributed by atoms with E-state index in [1.807, 2.05) is 13.0 Å². The molecule has 2 aromatic carbocycles. The zero-order valence-corrected chi connectivity index (χ0v) is 16.9. The zero-order chi connectivity index (χ0) is 21.1. The quantitative estimate of drug-likeness (QED) is 0.453. The van der Waals surface area contributed by atoms with E-state index in [1.165, 1.54) is 0 Å². The molecule has 0 aliphatic carbocycles. The normalized spacial score (nSPS) is 9.97. The van der Waals surface area contributed by atoms with E-state index in [2.05, 4.69) is 16.0 Å². The van der Waals surface area contributed by atoms with Gasteiger partial charge in [0.25, 0.3) is 5.91 Å². The van der Waals surface area contributed by atoms with E-state index in [1.54, 1.807) is 48.5 Å². The minimum absolute atomic E-state index is 0.00422. The summed E-state index contributed by atoms with van der Waals surface area (Å²) in [6, 6.07) is 15.8. The molecular weight excluding hydrogens is 390 g/mol. The second-order valence-corrected chi connectivity index (χ2v) is 6.53. The number of thiocarbonyl (C=S) groups is 1. The van der Waals surface area contributed by atoms with Crippen molar-refractivity contribution < 1.29 is 19.1 Å². The number of esters is 1. The fraction of sp³-hybridized carbons (Fsp3) is 0.238. The fourth-order valence-corrected chi connectivity index (χ4v) is 2.52. The molecule has 0 aliphatic rings. The third-order valence-electron chi connectivity index (χ3n) is 3.71. The molecule has 2 amide bonds. The van der Waals surface area contributed by atoms with Crippen LogP contribution >= 0.6 is 12.2 Å². The molecule has 29 heavy (non-hydrogen) atoms. The van der Waals surface area contributed by atoms with Crippen molar-refractivity contribution in [2.45, 2.75) is 26.2 Å². The fourth-order valence-electron chi connectivity index (χ4n) is 2.28. The average Bonchev–Trinajstić information content (AvgIpc) is 2.72. The van der Waals surface area contributed by atoms with Crippen LogP contribution in [-0.4, -0.2) is 29.5 Å². The highest BCUT2D eigenvalue weighted by atomic mass is 32.1. The Hall–Kier alpha value is -3.26. The van der Waals surface area contributed by atoms with Gasteiger partial charge in [0.15, 0.2) is 5.11 Å². The van der Waals surface area contributed by atoms with Crippen molar-refractivity contribution in [1.29, 1.82) is 0 Å². The number of anilines is 2. The van der Waals surface area contributed by atoms with E-state index >= 15 is 0 Å². The maximum atomic E-state index is 12.1. The van der Waals surface area contributed by atoms with Crippen molar-refractivity contribution in [1.82, 2.24) is 5.32 Å². The lowest BCUT2D eigenvalue weighted by atomic mass is 10.2. The first kappa shape index (κ1) is 22.0. The number of ether oxygens (including phenoxy) is 1. The third kappa shape index (κ3) is 8.10. The molecule has 8 heteroatoms.